The van der Waals surface area contributed by atoms with Crippen LogP contribution < -0.4 is 5.32 Å². The van der Waals surface area contributed by atoms with Crippen LogP contribution in [0.25, 0.3) is 22.5 Å². The summed E-state index contributed by atoms with van der Waals surface area (Å²) < 4.78 is 0.323. The molecule has 2 aromatic carbocycles. The predicted molar refractivity (Wildman–Crippen MR) is 181 cm³/mol. The van der Waals surface area contributed by atoms with E-state index in [0.717, 1.165) is 93.8 Å². The highest BCUT2D eigenvalue weighted by Crippen LogP contribution is 2.36. The van der Waals surface area contributed by atoms with Crippen molar-refractivity contribution in [2.24, 2.45) is 5.92 Å². The molecule has 9 heteroatoms. The van der Waals surface area contributed by atoms with Gasteiger partial charge in [0.05, 0.1) is 42.0 Å². The molecule has 3 saturated heterocycles. The summed E-state index contributed by atoms with van der Waals surface area (Å²) >= 11 is 12.4. The highest BCUT2D eigenvalue weighted by Gasteiger charge is 2.50. The average molecular weight is 650 g/mol. The minimum atomic E-state index is -0.171. The fourth-order valence-corrected chi connectivity index (χ4v) is 7.93. The van der Waals surface area contributed by atoms with E-state index >= 15 is 4.79 Å². The van der Waals surface area contributed by atoms with Crippen molar-refractivity contribution in [1.82, 2.24) is 20.1 Å². The summed E-state index contributed by atoms with van der Waals surface area (Å²) in [5.74, 6) is 0.122. The van der Waals surface area contributed by atoms with Gasteiger partial charge in [0.1, 0.15) is 0 Å². The average Bonchev–Trinajstić information content (AvgIpc) is 3.08. The molecule has 0 radical (unpaired) electrons. The van der Waals surface area contributed by atoms with Crippen molar-refractivity contribution in [2.45, 2.75) is 50.6 Å². The monoisotopic (exact) mass is 648 g/mol. The third-order valence-electron chi connectivity index (χ3n) is 10.4. The van der Waals surface area contributed by atoms with Crippen LogP contribution in [-0.4, -0.2) is 96.5 Å². The number of nitrogens with zero attached hydrogens (tertiary/aromatic N) is 4. The molecule has 2 atom stereocenters. The lowest BCUT2D eigenvalue weighted by Gasteiger charge is -2.49. The van der Waals surface area contributed by atoms with Gasteiger partial charge in [-0.05, 0) is 82.2 Å². The summed E-state index contributed by atoms with van der Waals surface area (Å²) in [5.41, 5.74) is 3.86. The van der Waals surface area contributed by atoms with Gasteiger partial charge in [-0.1, -0.05) is 47.5 Å². The summed E-state index contributed by atoms with van der Waals surface area (Å²) in [5, 5.41) is 4.78. The lowest BCUT2D eigenvalue weighted by molar-refractivity contribution is -0.883. The molecule has 3 aliphatic heterocycles. The Morgan fingerprint density at radius 3 is 1.98 bits per heavy atom. The SMILES string of the molecule is CN1CCC(N(C)C(=O)C2CCC[N@@+](C(=O)c3cc(-c4ccc(Cl)cc4)nc(-c4ccc(Cl)cc4)c3)(C3CCNCC3)C2)CC1. The molecule has 2 amide bonds. The van der Waals surface area contributed by atoms with E-state index in [1.54, 1.807) is 0 Å². The van der Waals surface area contributed by atoms with E-state index < -0.39 is 0 Å². The number of hydrogen-bond donors (Lipinski definition) is 1. The molecule has 1 unspecified atom stereocenters. The smallest absolute Gasteiger partial charge is 0.342 e. The van der Waals surface area contributed by atoms with Gasteiger partial charge in [0.15, 0.2) is 0 Å². The Kier molecular flexibility index (Phi) is 9.93. The van der Waals surface area contributed by atoms with Crippen LogP contribution in [-0.2, 0) is 4.79 Å². The molecule has 45 heavy (non-hydrogen) atoms. The van der Waals surface area contributed by atoms with Crippen LogP contribution in [0.15, 0.2) is 60.7 Å². The number of quaternary nitrogens is 1. The van der Waals surface area contributed by atoms with Crippen LogP contribution in [0.1, 0.15) is 48.9 Å². The van der Waals surface area contributed by atoms with E-state index in [4.69, 9.17) is 28.2 Å². The molecule has 238 valence electrons. The fraction of sp³-hybridized carbons (Fsp3) is 0.472. The zero-order chi connectivity index (χ0) is 31.6. The Labute approximate surface area is 277 Å². The number of aromatic nitrogens is 1. The molecule has 0 aliphatic carbocycles. The number of carbonyl (C=O) groups is 2. The Balaban J connectivity index is 1.38. The van der Waals surface area contributed by atoms with Crippen molar-refractivity contribution >= 4 is 35.0 Å². The van der Waals surface area contributed by atoms with Crippen molar-refractivity contribution < 1.29 is 14.1 Å². The van der Waals surface area contributed by atoms with Crippen molar-refractivity contribution in [2.75, 3.05) is 53.4 Å². The first-order valence-electron chi connectivity index (χ1n) is 16.3. The fourth-order valence-electron chi connectivity index (χ4n) is 7.68. The van der Waals surface area contributed by atoms with Gasteiger partial charge in [-0.3, -0.25) is 9.28 Å². The first kappa shape index (κ1) is 32.1. The van der Waals surface area contributed by atoms with Gasteiger partial charge in [-0.25, -0.2) is 9.78 Å². The molecular weight excluding hydrogens is 605 g/mol. The summed E-state index contributed by atoms with van der Waals surface area (Å²) in [6.07, 6.45) is 5.50. The van der Waals surface area contributed by atoms with Crippen LogP contribution in [0.3, 0.4) is 0 Å². The number of hydrogen-bond acceptors (Lipinski definition) is 5. The summed E-state index contributed by atoms with van der Waals surface area (Å²) in [6.45, 7) is 5.08. The molecule has 0 spiro atoms. The number of likely N-dealkylation sites (tertiary alicyclic amines) is 2. The van der Waals surface area contributed by atoms with Crippen molar-refractivity contribution in [3.05, 3.63) is 76.3 Å². The molecule has 0 saturated carbocycles. The summed E-state index contributed by atoms with van der Waals surface area (Å²) in [6, 6.07) is 19.4. The number of pyridine rings is 1. The summed E-state index contributed by atoms with van der Waals surface area (Å²) in [4.78, 5) is 38.6. The molecule has 4 heterocycles. The third-order valence-corrected chi connectivity index (χ3v) is 10.9. The van der Waals surface area contributed by atoms with Gasteiger partial charge in [0.25, 0.3) is 0 Å². The largest absolute Gasteiger partial charge is 0.346 e. The maximum absolute atomic E-state index is 15.1. The van der Waals surface area contributed by atoms with E-state index in [0.29, 0.717) is 26.6 Å². The number of halogens is 2. The van der Waals surface area contributed by atoms with Crippen LogP contribution in [0.2, 0.25) is 10.0 Å². The summed E-state index contributed by atoms with van der Waals surface area (Å²) in [7, 11) is 4.12. The van der Waals surface area contributed by atoms with Crippen molar-refractivity contribution in [3.8, 4) is 22.5 Å². The molecule has 3 fully saturated rings. The molecule has 7 nitrogen and oxygen atoms in total. The van der Waals surface area contributed by atoms with Gasteiger partial charge in [0, 0.05) is 60.2 Å². The Morgan fingerprint density at radius 2 is 1.42 bits per heavy atom. The molecular formula is C36H44Cl2N5O2+. The molecule has 3 aromatic rings. The second kappa shape index (κ2) is 13.9. The third kappa shape index (κ3) is 6.98. The van der Waals surface area contributed by atoms with Gasteiger partial charge < -0.3 is 15.1 Å². The number of rotatable bonds is 6. The zero-order valence-corrected chi connectivity index (χ0v) is 27.9. The van der Waals surface area contributed by atoms with E-state index in [9.17, 15) is 4.79 Å². The van der Waals surface area contributed by atoms with Crippen molar-refractivity contribution in [3.63, 3.8) is 0 Å². The minimum absolute atomic E-state index is 0.0918. The Hall–Kier alpha value is -2.81. The normalized spacial score (nSPS) is 23.5. The number of benzene rings is 2. The van der Waals surface area contributed by atoms with E-state index in [-0.39, 0.29) is 29.8 Å². The first-order chi connectivity index (χ1) is 21.7. The molecule has 1 aromatic heterocycles. The number of piperidine rings is 3. The number of nitrogens with one attached hydrogen (secondary N) is 1. The Morgan fingerprint density at radius 1 is 0.867 bits per heavy atom. The van der Waals surface area contributed by atoms with Crippen LogP contribution >= 0.6 is 23.2 Å². The number of amides is 2. The maximum atomic E-state index is 15.1. The highest BCUT2D eigenvalue weighted by molar-refractivity contribution is 6.30. The minimum Gasteiger partial charge on any atom is -0.342 e. The second-order valence-electron chi connectivity index (χ2n) is 13.2. The molecule has 6 rings (SSSR count). The Bertz CT molecular complexity index is 1440. The highest BCUT2D eigenvalue weighted by atomic mass is 35.5. The number of carbonyl (C=O) groups excluding carboxylic acids is 2. The zero-order valence-electron chi connectivity index (χ0n) is 26.4. The lowest BCUT2D eigenvalue weighted by atomic mass is 9.87. The van der Waals surface area contributed by atoms with E-state index in [1.807, 2.05) is 72.6 Å². The van der Waals surface area contributed by atoms with Gasteiger partial charge in [-0.15, -0.1) is 0 Å². The molecule has 3 aliphatic rings. The van der Waals surface area contributed by atoms with Crippen molar-refractivity contribution in [1.29, 1.82) is 0 Å². The van der Waals surface area contributed by atoms with Gasteiger partial charge >= 0.3 is 5.91 Å². The van der Waals surface area contributed by atoms with E-state index in [1.165, 1.54) is 0 Å². The molecule has 1 N–H and O–H groups in total. The predicted octanol–water partition coefficient (Wildman–Crippen LogP) is 6.39. The second-order valence-corrected chi connectivity index (χ2v) is 14.1. The lowest BCUT2D eigenvalue weighted by Crippen LogP contribution is -2.66. The van der Waals surface area contributed by atoms with Crippen LogP contribution in [0.4, 0.5) is 0 Å². The van der Waals surface area contributed by atoms with Gasteiger partial charge in [-0.2, -0.15) is 0 Å². The molecule has 0 bridgehead atoms. The quantitative estimate of drug-likeness (QED) is 0.314. The topological polar surface area (TPSA) is 65.5 Å². The first-order valence-corrected chi connectivity index (χ1v) is 17.1. The standard InChI is InChI=1S/C36H44Cl2N5O2/c1-41-19-15-31(16-20-41)42(2)35(44)27-4-3-21-43(24-27,32-13-17-39-18-14-32)36(45)28-22-33(25-5-9-29(37)10-6-25)40-34(23-28)26-7-11-30(38)12-8-26/h5-12,22-23,27,31-32,39H,3-4,13-21,24H2,1-2H3/q+1/t27?,43-/m0/s1. The van der Waals surface area contributed by atoms with Gasteiger partial charge in [0.2, 0.25) is 5.91 Å². The van der Waals surface area contributed by atoms with E-state index in [2.05, 4.69) is 17.3 Å². The van der Waals surface area contributed by atoms with Crippen LogP contribution in [0.5, 0.6) is 0 Å². The maximum Gasteiger partial charge on any atom is 0.346 e. The van der Waals surface area contributed by atoms with Crippen LogP contribution in [0, 0.1) is 5.92 Å².